The molecule has 0 aliphatic carbocycles. The lowest BCUT2D eigenvalue weighted by atomic mass is 10.2. The summed E-state index contributed by atoms with van der Waals surface area (Å²) in [4.78, 5) is 6.77. The summed E-state index contributed by atoms with van der Waals surface area (Å²) in [6.07, 6.45) is 4.58. The second-order valence-corrected chi connectivity index (χ2v) is 5.95. The molecule has 1 aromatic heterocycles. The molecular weight excluding hydrogens is 288 g/mol. The summed E-state index contributed by atoms with van der Waals surface area (Å²) in [5, 5.41) is 4.42. The normalized spacial score (nSPS) is 19.5. The zero-order chi connectivity index (χ0) is 16.1. The zero-order valence-corrected chi connectivity index (χ0v) is 13.9. The second-order valence-electron chi connectivity index (χ2n) is 5.95. The van der Waals surface area contributed by atoms with Gasteiger partial charge in [0.25, 0.3) is 0 Å². The van der Waals surface area contributed by atoms with Gasteiger partial charge in [-0.25, -0.2) is 9.67 Å². The first-order chi connectivity index (χ1) is 11.2. The number of ether oxygens (including phenoxy) is 1. The molecule has 0 saturated carbocycles. The summed E-state index contributed by atoms with van der Waals surface area (Å²) in [5.41, 5.74) is 1.24. The van der Waals surface area contributed by atoms with Crippen LogP contribution in [0.1, 0.15) is 17.2 Å². The third-order valence-electron chi connectivity index (χ3n) is 4.04. The van der Waals surface area contributed by atoms with Gasteiger partial charge < -0.3 is 4.74 Å². The van der Waals surface area contributed by atoms with Gasteiger partial charge in [-0.1, -0.05) is 42.5 Å². The maximum absolute atomic E-state index is 5.89. The molecular formula is C18H24N4O. The van der Waals surface area contributed by atoms with E-state index in [0.717, 1.165) is 44.4 Å². The molecule has 1 aliphatic heterocycles. The number of hydrogen-bond acceptors (Lipinski definition) is 4. The lowest BCUT2D eigenvalue weighted by Crippen LogP contribution is -2.44. The van der Waals surface area contributed by atoms with Gasteiger partial charge in [0.15, 0.2) is 0 Å². The van der Waals surface area contributed by atoms with Crippen LogP contribution in [-0.4, -0.2) is 52.0 Å². The number of benzene rings is 1. The lowest BCUT2D eigenvalue weighted by molar-refractivity contribution is -0.0341. The van der Waals surface area contributed by atoms with Crippen LogP contribution in [0.2, 0.25) is 0 Å². The number of morpholine rings is 1. The van der Waals surface area contributed by atoms with Crippen LogP contribution in [0.4, 0.5) is 0 Å². The number of aromatic nitrogens is 3. The number of hydrogen-bond donors (Lipinski definition) is 0. The van der Waals surface area contributed by atoms with E-state index in [1.54, 1.807) is 0 Å². The van der Waals surface area contributed by atoms with Gasteiger partial charge in [0.1, 0.15) is 11.6 Å². The molecule has 1 atom stereocenters. The standard InChI is InChI=1S/C18H24N4O/c1-15-19-16(2)22(20-15)14-18-13-21(11-12-23-18)10-6-9-17-7-4-3-5-8-17/h3-9,18H,10-14H2,1-2H3. The summed E-state index contributed by atoms with van der Waals surface area (Å²) in [7, 11) is 0. The van der Waals surface area contributed by atoms with E-state index < -0.39 is 0 Å². The first-order valence-corrected chi connectivity index (χ1v) is 8.14. The van der Waals surface area contributed by atoms with Crippen molar-refractivity contribution in [2.75, 3.05) is 26.2 Å². The van der Waals surface area contributed by atoms with Gasteiger partial charge in [-0.3, -0.25) is 4.90 Å². The maximum Gasteiger partial charge on any atom is 0.147 e. The van der Waals surface area contributed by atoms with E-state index >= 15 is 0 Å². The van der Waals surface area contributed by atoms with Gasteiger partial charge in [0.2, 0.25) is 0 Å². The van der Waals surface area contributed by atoms with Crippen LogP contribution < -0.4 is 0 Å². The van der Waals surface area contributed by atoms with E-state index in [4.69, 9.17) is 4.74 Å². The van der Waals surface area contributed by atoms with E-state index in [0.29, 0.717) is 0 Å². The van der Waals surface area contributed by atoms with Crippen molar-refractivity contribution in [1.29, 1.82) is 0 Å². The quantitative estimate of drug-likeness (QED) is 0.850. The van der Waals surface area contributed by atoms with Crippen LogP contribution in [0.5, 0.6) is 0 Å². The Bertz CT molecular complexity index is 650. The Morgan fingerprint density at radius 3 is 2.83 bits per heavy atom. The Balaban J connectivity index is 1.52. The summed E-state index contributed by atoms with van der Waals surface area (Å²) in [6.45, 7) is 8.31. The van der Waals surface area contributed by atoms with Gasteiger partial charge in [-0.15, -0.1) is 0 Å². The van der Waals surface area contributed by atoms with Crippen molar-refractivity contribution in [2.45, 2.75) is 26.5 Å². The molecule has 122 valence electrons. The Hall–Kier alpha value is -1.98. The van der Waals surface area contributed by atoms with Crippen LogP contribution in [0, 0.1) is 13.8 Å². The molecule has 0 radical (unpaired) electrons. The van der Waals surface area contributed by atoms with E-state index in [2.05, 4.69) is 51.4 Å². The third-order valence-corrected chi connectivity index (χ3v) is 4.04. The molecule has 1 aliphatic rings. The summed E-state index contributed by atoms with van der Waals surface area (Å²) >= 11 is 0. The Labute approximate surface area is 137 Å². The Morgan fingerprint density at radius 1 is 1.26 bits per heavy atom. The average molecular weight is 312 g/mol. The fourth-order valence-electron chi connectivity index (χ4n) is 2.89. The second kappa shape index (κ2) is 7.53. The fourth-order valence-corrected chi connectivity index (χ4v) is 2.89. The minimum atomic E-state index is 0.175. The number of nitrogens with zero attached hydrogens (tertiary/aromatic N) is 4. The highest BCUT2D eigenvalue weighted by atomic mass is 16.5. The SMILES string of the molecule is Cc1nc(C)n(CC2CN(CC=Cc3ccccc3)CCO2)n1. The molecule has 0 N–H and O–H groups in total. The van der Waals surface area contributed by atoms with Crippen molar-refractivity contribution in [3.05, 3.63) is 53.6 Å². The summed E-state index contributed by atoms with van der Waals surface area (Å²) in [5.74, 6) is 1.77. The van der Waals surface area contributed by atoms with Crippen LogP contribution in [-0.2, 0) is 11.3 Å². The van der Waals surface area contributed by atoms with Gasteiger partial charge in [-0.05, 0) is 19.4 Å². The largest absolute Gasteiger partial charge is 0.374 e. The number of rotatable bonds is 5. The highest BCUT2D eigenvalue weighted by Crippen LogP contribution is 2.09. The first kappa shape index (κ1) is 15.9. The molecule has 0 bridgehead atoms. The highest BCUT2D eigenvalue weighted by molar-refractivity contribution is 5.48. The van der Waals surface area contributed by atoms with Gasteiger partial charge in [-0.2, -0.15) is 5.10 Å². The first-order valence-electron chi connectivity index (χ1n) is 8.14. The van der Waals surface area contributed by atoms with Crippen molar-refractivity contribution in [3.8, 4) is 0 Å². The van der Waals surface area contributed by atoms with Crippen molar-refractivity contribution < 1.29 is 4.74 Å². The lowest BCUT2D eigenvalue weighted by Gasteiger charge is -2.32. The molecule has 1 aromatic carbocycles. The molecule has 23 heavy (non-hydrogen) atoms. The molecule has 1 saturated heterocycles. The zero-order valence-electron chi connectivity index (χ0n) is 13.9. The maximum atomic E-state index is 5.89. The minimum absolute atomic E-state index is 0.175. The molecule has 2 heterocycles. The van der Waals surface area contributed by atoms with Crippen molar-refractivity contribution in [2.24, 2.45) is 0 Å². The van der Waals surface area contributed by atoms with Crippen molar-refractivity contribution >= 4 is 6.08 Å². The monoisotopic (exact) mass is 312 g/mol. The summed E-state index contributed by atoms with van der Waals surface area (Å²) in [6, 6.07) is 10.4. The van der Waals surface area contributed by atoms with E-state index in [9.17, 15) is 0 Å². The van der Waals surface area contributed by atoms with Gasteiger partial charge >= 0.3 is 0 Å². The van der Waals surface area contributed by atoms with Crippen LogP contribution >= 0.6 is 0 Å². The summed E-state index contributed by atoms with van der Waals surface area (Å²) < 4.78 is 7.83. The molecule has 5 heteroatoms. The molecule has 0 amide bonds. The van der Waals surface area contributed by atoms with Crippen LogP contribution in [0.15, 0.2) is 36.4 Å². The van der Waals surface area contributed by atoms with Gasteiger partial charge in [0, 0.05) is 19.6 Å². The highest BCUT2D eigenvalue weighted by Gasteiger charge is 2.21. The Morgan fingerprint density at radius 2 is 2.09 bits per heavy atom. The molecule has 5 nitrogen and oxygen atoms in total. The third kappa shape index (κ3) is 4.50. The van der Waals surface area contributed by atoms with Crippen molar-refractivity contribution in [1.82, 2.24) is 19.7 Å². The molecule has 0 spiro atoms. The van der Waals surface area contributed by atoms with Crippen molar-refractivity contribution in [3.63, 3.8) is 0 Å². The van der Waals surface area contributed by atoms with E-state index in [1.807, 2.05) is 24.6 Å². The smallest absolute Gasteiger partial charge is 0.147 e. The van der Waals surface area contributed by atoms with Crippen LogP contribution in [0.25, 0.3) is 6.08 Å². The van der Waals surface area contributed by atoms with E-state index in [1.165, 1.54) is 5.56 Å². The van der Waals surface area contributed by atoms with Gasteiger partial charge in [0.05, 0.1) is 19.3 Å². The Kier molecular flexibility index (Phi) is 5.20. The number of aryl methyl sites for hydroxylation is 2. The molecule has 1 unspecified atom stereocenters. The molecule has 1 fully saturated rings. The topological polar surface area (TPSA) is 43.2 Å². The molecule has 2 aromatic rings. The van der Waals surface area contributed by atoms with E-state index in [-0.39, 0.29) is 6.10 Å². The van der Waals surface area contributed by atoms with Crippen LogP contribution in [0.3, 0.4) is 0 Å². The fraction of sp³-hybridized carbons (Fsp3) is 0.444. The predicted octanol–water partition coefficient (Wildman–Crippen LogP) is 2.31. The average Bonchev–Trinajstić information content (AvgIpc) is 2.86. The predicted molar refractivity (Wildman–Crippen MR) is 91.2 cm³/mol. The molecule has 3 rings (SSSR count). The minimum Gasteiger partial charge on any atom is -0.374 e.